The molecule has 1 atom stereocenters. The Bertz CT molecular complexity index is 944. The van der Waals surface area contributed by atoms with Crippen molar-refractivity contribution in [3.05, 3.63) is 70.5 Å². The monoisotopic (exact) mass is 411 g/mol. The van der Waals surface area contributed by atoms with Crippen LogP contribution in [-0.4, -0.2) is 27.3 Å². The molecule has 0 bridgehead atoms. The van der Waals surface area contributed by atoms with E-state index in [2.05, 4.69) is 9.97 Å². The highest BCUT2D eigenvalue weighted by Gasteiger charge is 2.27. The summed E-state index contributed by atoms with van der Waals surface area (Å²) < 4.78 is 0. The Morgan fingerprint density at radius 2 is 1.96 bits per heavy atom. The first kappa shape index (κ1) is 19.1. The van der Waals surface area contributed by atoms with E-state index < -0.39 is 0 Å². The van der Waals surface area contributed by atoms with Gasteiger partial charge in [0.15, 0.2) is 0 Å². The lowest BCUT2D eigenvalue weighted by molar-refractivity contribution is -0.133. The number of carbonyl (C=O) groups is 1. The van der Waals surface area contributed by atoms with E-state index in [9.17, 15) is 4.79 Å². The fraction of sp³-hybridized carbons (Fsp3) is 0.318. The third-order valence-corrected chi connectivity index (χ3v) is 6.41. The van der Waals surface area contributed by atoms with Crippen LogP contribution in [0.25, 0.3) is 10.6 Å². The van der Waals surface area contributed by atoms with E-state index in [1.807, 2.05) is 46.7 Å². The lowest BCUT2D eigenvalue weighted by atomic mass is 10.0. The normalized spacial score (nSPS) is 17.3. The highest BCUT2D eigenvalue weighted by atomic mass is 35.5. The Balaban J connectivity index is 1.53. The highest BCUT2D eigenvalue weighted by molar-refractivity contribution is 7.13. The Morgan fingerprint density at radius 1 is 1.14 bits per heavy atom. The molecule has 1 aliphatic heterocycles. The predicted octanol–water partition coefficient (Wildman–Crippen LogP) is 5.54. The fourth-order valence-electron chi connectivity index (χ4n) is 3.74. The molecular weight excluding hydrogens is 390 g/mol. The second kappa shape index (κ2) is 8.84. The fourth-order valence-corrected chi connectivity index (χ4v) is 4.88. The lowest BCUT2D eigenvalue weighted by Crippen LogP contribution is -2.36. The molecule has 0 N–H and O–H groups in total. The van der Waals surface area contributed by atoms with E-state index in [1.54, 1.807) is 12.4 Å². The van der Waals surface area contributed by atoms with Gasteiger partial charge in [-0.15, -0.1) is 11.3 Å². The molecule has 28 heavy (non-hydrogen) atoms. The number of hydrogen-bond donors (Lipinski definition) is 0. The van der Waals surface area contributed by atoms with Crippen LogP contribution in [0.15, 0.2) is 54.2 Å². The van der Waals surface area contributed by atoms with Crippen LogP contribution in [0.4, 0.5) is 0 Å². The summed E-state index contributed by atoms with van der Waals surface area (Å²) in [5.74, 6) is 0.139. The van der Waals surface area contributed by atoms with Crippen molar-refractivity contribution in [1.29, 1.82) is 0 Å². The summed E-state index contributed by atoms with van der Waals surface area (Å²) in [7, 11) is 0. The van der Waals surface area contributed by atoms with Crippen LogP contribution in [0.1, 0.15) is 43.0 Å². The molecule has 4 rings (SSSR count). The standard InChI is InChI=1S/C22H22ClN3OS/c23-19-7-4-3-6-18(19)22-25-17(15-28-22)14-21(27)26-13-5-1-2-8-20(26)16-9-11-24-12-10-16/h3-4,6-7,9-12,15,20H,1-2,5,8,13-14H2. The van der Waals surface area contributed by atoms with Gasteiger partial charge in [0.2, 0.25) is 5.91 Å². The van der Waals surface area contributed by atoms with Crippen LogP contribution in [0, 0.1) is 0 Å². The van der Waals surface area contributed by atoms with Crippen LogP contribution in [0.2, 0.25) is 5.02 Å². The molecule has 144 valence electrons. The molecule has 1 fully saturated rings. The zero-order valence-electron chi connectivity index (χ0n) is 15.6. The van der Waals surface area contributed by atoms with Gasteiger partial charge in [-0.05, 0) is 36.6 Å². The summed E-state index contributed by atoms with van der Waals surface area (Å²) in [5.41, 5.74) is 2.89. The Kier molecular flexibility index (Phi) is 6.03. The number of thiazole rings is 1. The summed E-state index contributed by atoms with van der Waals surface area (Å²) in [6.45, 7) is 0.799. The largest absolute Gasteiger partial charge is 0.335 e. The molecule has 1 aromatic carbocycles. The van der Waals surface area contributed by atoms with Gasteiger partial charge in [-0.1, -0.05) is 42.6 Å². The first-order chi connectivity index (χ1) is 13.7. The van der Waals surface area contributed by atoms with Gasteiger partial charge in [0.1, 0.15) is 5.01 Å². The van der Waals surface area contributed by atoms with Gasteiger partial charge in [-0.2, -0.15) is 0 Å². The summed E-state index contributed by atoms with van der Waals surface area (Å²) >= 11 is 7.82. The van der Waals surface area contributed by atoms with Crippen molar-refractivity contribution in [2.75, 3.05) is 6.54 Å². The number of rotatable bonds is 4. The number of benzene rings is 1. The van der Waals surface area contributed by atoms with Crippen LogP contribution in [0.3, 0.4) is 0 Å². The number of pyridine rings is 1. The number of carbonyl (C=O) groups excluding carboxylic acids is 1. The van der Waals surface area contributed by atoms with E-state index >= 15 is 0 Å². The van der Waals surface area contributed by atoms with Gasteiger partial charge in [-0.25, -0.2) is 4.98 Å². The zero-order valence-corrected chi connectivity index (χ0v) is 17.1. The van der Waals surface area contributed by atoms with Crippen molar-refractivity contribution in [2.45, 2.75) is 38.1 Å². The maximum Gasteiger partial charge on any atom is 0.229 e. The topological polar surface area (TPSA) is 46.1 Å². The molecule has 0 spiro atoms. The van der Waals surface area contributed by atoms with E-state index in [4.69, 9.17) is 11.6 Å². The summed E-state index contributed by atoms with van der Waals surface area (Å²) in [6.07, 6.45) is 8.29. The number of amides is 1. The molecule has 4 nitrogen and oxygen atoms in total. The Labute approximate surface area is 174 Å². The van der Waals surface area contributed by atoms with Crippen molar-refractivity contribution in [3.63, 3.8) is 0 Å². The molecule has 1 aliphatic rings. The molecular formula is C22H22ClN3OS. The number of likely N-dealkylation sites (tertiary alicyclic amines) is 1. The third kappa shape index (κ3) is 4.26. The minimum absolute atomic E-state index is 0.125. The van der Waals surface area contributed by atoms with Crippen molar-refractivity contribution in [2.24, 2.45) is 0 Å². The zero-order chi connectivity index (χ0) is 19.3. The SMILES string of the molecule is O=C(Cc1csc(-c2ccccc2Cl)n1)N1CCCCCC1c1ccncc1. The van der Waals surface area contributed by atoms with Crippen LogP contribution >= 0.6 is 22.9 Å². The summed E-state index contributed by atoms with van der Waals surface area (Å²) in [5, 5.41) is 3.51. The molecule has 3 aromatic rings. The predicted molar refractivity (Wildman–Crippen MR) is 113 cm³/mol. The molecule has 0 aliphatic carbocycles. The van der Waals surface area contributed by atoms with Crippen molar-refractivity contribution >= 4 is 28.8 Å². The lowest BCUT2D eigenvalue weighted by Gasteiger charge is -2.30. The maximum atomic E-state index is 13.2. The summed E-state index contributed by atoms with van der Waals surface area (Å²) in [6, 6.07) is 11.8. The van der Waals surface area contributed by atoms with E-state index in [-0.39, 0.29) is 11.9 Å². The first-order valence-electron chi connectivity index (χ1n) is 9.61. The van der Waals surface area contributed by atoms with E-state index in [1.165, 1.54) is 23.3 Å². The van der Waals surface area contributed by atoms with E-state index in [0.717, 1.165) is 42.1 Å². The molecule has 1 saturated heterocycles. The highest BCUT2D eigenvalue weighted by Crippen LogP contribution is 2.32. The molecule has 1 amide bonds. The number of halogens is 1. The average molecular weight is 412 g/mol. The van der Waals surface area contributed by atoms with Crippen LogP contribution < -0.4 is 0 Å². The van der Waals surface area contributed by atoms with Crippen molar-refractivity contribution in [1.82, 2.24) is 14.9 Å². The van der Waals surface area contributed by atoms with Crippen molar-refractivity contribution in [3.8, 4) is 10.6 Å². The minimum Gasteiger partial charge on any atom is -0.335 e. The van der Waals surface area contributed by atoms with Gasteiger partial charge < -0.3 is 4.90 Å². The number of aromatic nitrogens is 2. The average Bonchev–Trinajstić information content (AvgIpc) is 3.03. The molecule has 3 heterocycles. The van der Waals surface area contributed by atoms with Gasteiger partial charge in [-0.3, -0.25) is 9.78 Å². The second-order valence-corrected chi connectivity index (χ2v) is 8.30. The minimum atomic E-state index is 0.125. The van der Waals surface area contributed by atoms with Crippen molar-refractivity contribution < 1.29 is 4.79 Å². The Morgan fingerprint density at radius 3 is 2.79 bits per heavy atom. The number of hydrogen-bond acceptors (Lipinski definition) is 4. The maximum absolute atomic E-state index is 13.2. The first-order valence-corrected chi connectivity index (χ1v) is 10.9. The number of nitrogens with zero attached hydrogens (tertiary/aromatic N) is 3. The van der Waals surface area contributed by atoms with Gasteiger partial charge in [0, 0.05) is 29.9 Å². The molecule has 0 radical (unpaired) electrons. The van der Waals surface area contributed by atoms with Gasteiger partial charge in [0.05, 0.1) is 23.2 Å². The smallest absolute Gasteiger partial charge is 0.229 e. The van der Waals surface area contributed by atoms with Gasteiger partial charge in [0.25, 0.3) is 0 Å². The second-order valence-electron chi connectivity index (χ2n) is 7.03. The molecule has 1 unspecified atom stereocenters. The van der Waals surface area contributed by atoms with Crippen LogP contribution in [-0.2, 0) is 11.2 Å². The third-order valence-electron chi connectivity index (χ3n) is 5.15. The van der Waals surface area contributed by atoms with Gasteiger partial charge >= 0.3 is 0 Å². The molecule has 6 heteroatoms. The van der Waals surface area contributed by atoms with Crippen LogP contribution in [0.5, 0.6) is 0 Å². The Hall–Kier alpha value is -2.24. The molecule has 0 saturated carbocycles. The molecule has 2 aromatic heterocycles. The van der Waals surface area contributed by atoms with E-state index in [0.29, 0.717) is 11.4 Å². The summed E-state index contributed by atoms with van der Waals surface area (Å²) in [4.78, 5) is 24.0. The quantitative estimate of drug-likeness (QED) is 0.565.